The molecule has 3 N–H and O–H groups in total. The highest BCUT2D eigenvalue weighted by Crippen LogP contribution is 2.27. The van der Waals surface area contributed by atoms with Gasteiger partial charge >= 0.3 is 5.91 Å². The number of hydrogen-bond acceptors (Lipinski definition) is 4. The molecule has 112 valence electrons. The summed E-state index contributed by atoms with van der Waals surface area (Å²) in [5.41, 5.74) is 4.98. The standard InChI is InChI=1S/C15H17BrN2O3/c1-8-4-11(5-9(2)13(8)16)20-7-12-6-10(3)14(21-12)15(19)18-17/h4-6H,7,17H2,1-3H3,(H,18,19). The molecule has 0 aliphatic rings. The second kappa shape index (κ2) is 6.32. The lowest BCUT2D eigenvalue weighted by Gasteiger charge is -2.09. The number of benzene rings is 1. The van der Waals surface area contributed by atoms with Crippen LogP contribution in [0.15, 0.2) is 27.1 Å². The topological polar surface area (TPSA) is 77.5 Å². The van der Waals surface area contributed by atoms with Gasteiger partial charge in [0.2, 0.25) is 0 Å². The predicted molar refractivity (Wildman–Crippen MR) is 83.0 cm³/mol. The largest absolute Gasteiger partial charge is 0.486 e. The number of rotatable bonds is 4. The van der Waals surface area contributed by atoms with E-state index in [-0.39, 0.29) is 12.4 Å². The van der Waals surface area contributed by atoms with E-state index in [0.29, 0.717) is 5.76 Å². The third-order valence-corrected chi connectivity index (χ3v) is 4.35. The van der Waals surface area contributed by atoms with Crippen LogP contribution in [0.5, 0.6) is 5.75 Å². The van der Waals surface area contributed by atoms with Crippen molar-refractivity contribution in [1.82, 2.24) is 5.43 Å². The number of nitrogen functional groups attached to an aromatic ring is 1. The zero-order valence-corrected chi connectivity index (χ0v) is 13.7. The molecule has 0 aliphatic heterocycles. The van der Waals surface area contributed by atoms with Crippen LogP contribution in [0.2, 0.25) is 0 Å². The highest BCUT2D eigenvalue weighted by atomic mass is 79.9. The summed E-state index contributed by atoms with van der Waals surface area (Å²) in [4.78, 5) is 11.5. The second-order valence-corrected chi connectivity index (χ2v) is 5.65. The van der Waals surface area contributed by atoms with Gasteiger partial charge in [0.1, 0.15) is 18.1 Å². The average Bonchev–Trinajstić information content (AvgIpc) is 2.82. The fourth-order valence-electron chi connectivity index (χ4n) is 2.05. The van der Waals surface area contributed by atoms with Gasteiger partial charge in [0.25, 0.3) is 0 Å². The number of aryl methyl sites for hydroxylation is 3. The fraction of sp³-hybridized carbons (Fsp3) is 0.267. The van der Waals surface area contributed by atoms with Crippen LogP contribution in [0.1, 0.15) is 33.0 Å². The van der Waals surface area contributed by atoms with Crippen LogP contribution in [-0.4, -0.2) is 5.91 Å². The summed E-state index contributed by atoms with van der Waals surface area (Å²) < 4.78 is 12.2. The van der Waals surface area contributed by atoms with Gasteiger partial charge in [-0.2, -0.15) is 0 Å². The van der Waals surface area contributed by atoms with E-state index in [2.05, 4.69) is 21.4 Å². The number of amides is 1. The highest BCUT2D eigenvalue weighted by Gasteiger charge is 2.15. The van der Waals surface area contributed by atoms with Gasteiger partial charge < -0.3 is 9.15 Å². The number of nitrogens with one attached hydrogen (secondary N) is 1. The number of carbonyl (C=O) groups excluding carboxylic acids is 1. The predicted octanol–water partition coefficient (Wildman–Crippen LogP) is 3.15. The smallest absolute Gasteiger partial charge is 0.301 e. The molecular weight excluding hydrogens is 336 g/mol. The van der Waals surface area contributed by atoms with Gasteiger partial charge in [0, 0.05) is 10.0 Å². The van der Waals surface area contributed by atoms with Gasteiger partial charge in [-0.25, -0.2) is 5.84 Å². The SMILES string of the molecule is Cc1cc(COc2cc(C)c(Br)c(C)c2)oc1C(=O)NN. The molecule has 1 aromatic carbocycles. The molecule has 0 bridgehead atoms. The maximum atomic E-state index is 11.5. The third kappa shape index (κ3) is 3.46. The van der Waals surface area contributed by atoms with Crippen molar-refractivity contribution in [2.45, 2.75) is 27.4 Å². The first-order valence-corrected chi connectivity index (χ1v) is 7.21. The van der Waals surface area contributed by atoms with Crippen LogP contribution < -0.4 is 16.0 Å². The van der Waals surface area contributed by atoms with E-state index in [1.165, 1.54) is 0 Å². The maximum Gasteiger partial charge on any atom is 0.301 e. The molecule has 5 nitrogen and oxygen atoms in total. The van der Waals surface area contributed by atoms with E-state index in [1.807, 2.05) is 26.0 Å². The lowest BCUT2D eigenvalue weighted by molar-refractivity contribution is 0.0921. The Bertz CT molecular complexity index is 657. The Labute approximate surface area is 131 Å². The van der Waals surface area contributed by atoms with Gasteiger partial charge in [-0.3, -0.25) is 10.2 Å². The molecule has 1 heterocycles. The number of nitrogens with two attached hydrogens (primary N) is 1. The summed E-state index contributed by atoms with van der Waals surface area (Å²) >= 11 is 3.52. The van der Waals surface area contributed by atoms with Crippen molar-refractivity contribution in [2.24, 2.45) is 5.84 Å². The maximum absolute atomic E-state index is 11.5. The van der Waals surface area contributed by atoms with Crippen LogP contribution in [0.4, 0.5) is 0 Å². The monoisotopic (exact) mass is 352 g/mol. The lowest BCUT2D eigenvalue weighted by atomic mass is 10.1. The number of furan rings is 1. The molecule has 1 aromatic heterocycles. The Morgan fingerprint density at radius 1 is 1.24 bits per heavy atom. The number of ether oxygens (including phenoxy) is 1. The van der Waals surface area contributed by atoms with E-state index in [1.54, 1.807) is 13.0 Å². The van der Waals surface area contributed by atoms with Gasteiger partial charge in [0.05, 0.1) is 0 Å². The summed E-state index contributed by atoms with van der Waals surface area (Å²) in [5, 5.41) is 0. The van der Waals surface area contributed by atoms with Gasteiger partial charge in [0.15, 0.2) is 5.76 Å². The van der Waals surface area contributed by atoms with Crippen molar-refractivity contribution in [1.29, 1.82) is 0 Å². The molecule has 0 aliphatic carbocycles. The quantitative estimate of drug-likeness (QED) is 0.503. The highest BCUT2D eigenvalue weighted by molar-refractivity contribution is 9.10. The van der Waals surface area contributed by atoms with E-state index in [0.717, 1.165) is 26.9 Å². The summed E-state index contributed by atoms with van der Waals surface area (Å²) in [6.45, 7) is 6.04. The van der Waals surface area contributed by atoms with Gasteiger partial charge in [-0.1, -0.05) is 15.9 Å². The normalized spacial score (nSPS) is 10.5. The fourth-order valence-corrected chi connectivity index (χ4v) is 2.28. The summed E-state index contributed by atoms with van der Waals surface area (Å²) in [7, 11) is 0. The Morgan fingerprint density at radius 3 is 2.43 bits per heavy atom. The number of halogens is 1. The molecule has 0 radical (unpaired) electrons. The summed E-state index contributed by atoms with van der Waals surface area (Å²) in [6.07, 6.45) is 0. The first kappa shape index (κ1) is 15.6. The molecule has 0 atom stereocenters. The molecule has 0 saturated carbocycles. The van der Waals surface area contributed by atoms with Crippen LogP contribution in [0, 0.1) is 20.8 Å². The van der Waals surface area contributed by atoms with Crippen molar-refractivity contribution in [3.8, 4) is 5.75 Å². The minimum Gasteiger partial charge on any atom is -0.486 e. The summed E-state index contributed by atoms with van der Waals surface area (Å²) in [5.74, 6) is 6.19. The number of hydrazine groups is 1. The van der Waals surface area contributed by atoms with Gasteiger partial charge in [-0.15, -0.1) is 0 Å². The van der Waals surface area contributed by atoms with E-state index < -0.39 is 5.91 Å². The van der Waals surface area contributed by atoms with Crippen LogP contribution >= 0.6 is 15.9 Å². The van der Waals surface area contributed by atoms with Crippen LogP contribution in [0.3, 0.4) is 0 Å². The molecule has 0 saturated heterocycles. The van der Waals surface area contributed by atoms with Crippen molar-refractivity contribution in [2.75, 3.05) is 0 Å². The van der Waals surface area contributed by atoms with E-state index in [9.17, 15) is 4.79 Å². The number of hydrogen-bond donors (Lipinski definition) is 2. The minimum absolute atomic E-state index is 0.208. The molecule has 0 spiro atoms. The first-order valence-electron chi connectivity index (χ1n) is 6.42. The average molecular weight is 353 g/mol. The van der Waals surface area contributed by atoms with Crippen molar-refractivity contribution in [3.63, 3.8) is 0 Å². The molecule has 2 aromatic rings. The lowest BCUT2D eigenvalue weighted by Crippen LogP contribution is -2.30. The molecule has 0 unspecified atom stereocenters. The Balaban J connectivity index is 2.12. The molecular formula is C15H17BrN2O3. The second-order valence-electron chi connectivity index (χ2n) is 4.86. The van der Waals surface area contributed by atoms with E-state index >= 15 is 0 Å². The minimum atomic E-state index is -0.450. The molecule has 1 amide bonds. The molecule has 6 heteroatoms. The first-order chi connectivity index (χ1) is 9.92. The number of carbonyl (C=O) groups is 1. The zero-order chi connectivity index (χ0) is 15.6. The van der Waals surface area contributed by atoms with Crippen molar-refractivity contribution in [3.05, 3.63) is 50.9 Å². The van der Waals surface area contributed by atoms with Crippen molar-refractivity contribution < 1.29 is 13.9 Å². The van der Waals surface area contributed by atoms with Crippen molar-refractivity contribution >= 4 is 21.8 Å². The zero-order valence-electron chi connectivity index (χ0n) is 12.1. The Hall–Kier alpha value is -1.79. The van der Waals surface area contributed by atoms with E-state index in [4.69, 9.17) is 15.0 Å². The van der Waals surface area contributed by atoms with Gasteiger partial charge in [-0.05, 0) is 50.1 Å². The molecule has 2 rings (SSSR count). The molecule has 0 fully saturated rings. The van der Waals surface area contributed by atoms with Crippen LogP contribution in [-0.2, 0) is 6.61 Å². The Kier molecular flexibility index (Phi) is 4.69. The molecule has 21 heavy (non-hydrogen) atoms. The summed E-state index contributed by atoms with van der Waals surface area (Å²) in [6, 6.07) is 5.66. The Morgan fingerprint density at radius 2 is 1.86 bits per heavy atom. The third-order valence-electron chi connectivity index (χ3n) is 3.10. The van der Waals surface area contributed by atoms with Crippen LogP contribution in [0.25, 0.3) is 0 Å².